The van der Waals surface area contributed by atoms with E-state index in [0.717, 1.165) is 24.0 Å². The van der Waals surface area contributed by atoms with Gasteiger partial charge in [-0.15, -0.1) is 0 Å². The van der Waals surface area contributed by atoms with E-state index in [-0.39, 0.29) is 22.8 Å². The Bertz CT molecular complexity index is 960. The van der Waals surface area contributed by atoms with Crippen molar-refractivity contribution in [1.29, 1.82) is 0 Å². The molecule has 0 radical (unpaired) electrons. The van der Waals surface area contributed by atoms with Crippen LogP contribution in [0.25, 0.3) is 0 Å². The predicted molar refractivity (Wildman–Crippen MR) is 103 cm³/mol. The smallest absolute Gasteiger partial charge is 0.256 e. The van der Waals surface area contributed by atoms with Gasteiger partial charge in [-0.1, -0.05) is 30.3 Å². The van der Waals surface area contributed by atoms with Gasteiger partial charge in [-0.25, -0.2) is 0 Å². The molecule has 0 bridgehead atoms. The normalized spacial score (nSPS) is 30.9. The lowest BCUT2D eigenvalue weighted by atomic mass is 9.77. The molecule has 7 heteroatoms. The van der Waals surface area contributed by atoms with Crippen LogP contribution in [-0.4, -0.2) is 41.5 Å². The van der Waals surface area contributed by atoms with Gasteiger partial charge < -0.3 is 10.1 Å². The number of rotatable bonds is 3. The fourth-order valence-electron chi connectivity index (χ4n) is 5.60. The molecule has 7 nitrogen and oxygen atoms in total. The summed E-state index contributed by atoms with van der Waals surface area (Å²) in [5.74, 6) is 0.0694. The average molecular weight is 379 g/mol. The molecular formula is C21H21N3O4. The molecule has 1 spiro atoms. The lowest BCUT2D eigenvalue weighted by Crippen LogP contribution is -2.55. The van der Waals surface area contributed by atoms with Crippen molar-refractivity contribution in [3.05, 3.63) is 69.8 Å². The monoisotopic (exact) mass is 379 g/mol. The summed E-state index contributed by atoms with van der Waals surface area (Å²) in [7, 11) is 1.60. The second kappa shape index (κ2) is 6.04. The van der Waals surface area contributed by atoms with E-state index in [1.807, 2.05) is 48.5 Å². The van der Waals surface area contributed by atoms with Crippen LogP contribution in [0.15, 0.2) is 48.5 Å². The van der Waals surface area contributed by atoms with E-state index >= 15 is 0 Å². The minimum Gasteiger partial charge on any atom is -0.497 e. The molecule has 4 atom stereocenters. The number of fused-ring (bicyclic) bond motifs is 4. The van der Waals surface area contributed by atoms with Crippen LogP contribution in [0.4, 0.5) is 5.69 Å². The molecule has 1 N–H and O–H groups in total. The zero-order chi connectivity index (χ0) is 19.5. The van der Waals surface area contributed by atoms with Gasteiger partial charge in [0, 0.05) is 28.8 Å². The molecule has 2 aromatic rings. The summed E-state index contributed by atoms with van der Waals surface area (Å²) < 4.78 is 5.24. The number of carbonyl (C=O) groups is 1. The lowest BCUT2D eigenvalue weighted by Gasteiger charge is -2.32. The van der Waals surface area contributed by atoms with Crippen molar-refractivity contribution >= 4 is 11.6 Å². The van der Waals surface area contributed by atoms with Crippen LogP contribution in [0.2, 0.25) is 0 Å². The van der Waals surface area contributed by atoms with Crippen LogP contribution in [0, 0.1) is 10.1 Å². The Kier molecular flexibility index (Phi) is 3.71. The molecule has 3 aliphatic heterocycles. The maximum atomic E-state index is 13.3. The fraction of sp³-hybridized carbons (Fsp3) is 0.381. The third kappa shape index (κ3) is 2.05. The van der Waals surface area contributed by atoms with Crippen molar-refractivity contribution in [3.63, 3.8) is 0 Å². The summed E-state index contributed by atoms with van der Waals surface area (Å²) in [6.45, 7) is 0.684. The van der Waals surface area contributed by atoms with Crippen molar-refractivity contribution in [2.24, 2.45) is 0 Å². The van der Waals surface area contributed by atoms with E-state index in [4.69, 9.17) is 4.74 Å². The lowest BCUT2D eigenvalue weighted by molar-refractivity contribution is -0.534. The Hall–Kier alpha value is -2.93. The quantitative estimate of drug-likeness (QED) is 0.655. The zero-order valence-electron chi connectivity index (χ0n) is 15.5. The number of carbonyl (C=O) groups excluding carboxylic acids is 1. The van der Waals surface area contributed by atoms with E-state index < -0.39 is 11.6 Å². The molecular weight excluding hydrogens is 358 g/mol. The summed E-state index contributed by atoms with van der Waals surface area (Å²) in [5, 5.41) is 15.3. The van der Waals surface area contributed by atoms with Crippen LogP contribution in [-0.2, 0) is 10.3 Å². The molecule has 144 valence electrons. The number of benzene rings is 2. The van der Waals surface area contributed by atoms with Crippen LogP contribution >= 0.6 is 0 Å². The summed E-state index contributed by atoms with van der Waals surface area (Å²) in [6.07, 6.45) is 1.77. The Labute approximate surface area is 162 Å². The SMILES string of the molecule is COc1ccc([C@@H]2[C@@H]3CCCN3[C@]3(C(=O)Nc4ccccc43)[C@@H]2[N+](=O)[O-])cc1. The number of para-hydroxylation sites is 1. The highest BCUT2D eigenvalue weighted by Gasteiger charge is 2.73. The second-order valence-corrected chi connectivity index (χ2v) is 7.70. The van der Waals surface area contributed by atoms with E-state index in [1.54, 1.807) is 7.11 Å². The number of amides is 1. The predicted octanol–water partition coefficient (Wildman–Crippen LogP) is 2.75. The van der Waals surface area contributed by atoms with Gasteiger partial charge in [-0.3, -0.25) is 19.8 Å². The summed E-state index contributed by atoms with van der Waals surface area (Å²) in [5.41, 5.74) is 1.03. The molecule has 0 aromatic heterocycles. The van der Waals surface area contributed by atoms with Gasteiger partial charge >= 0.3 is 0 Å². The van der Waals surface area contributed by atoms with Crippen LogP contribution in [0.5, 0.6) is 5.75 Å². The molecule has 5 rings (SSSR count). The number of hydrogen-bond acceptors (Lipinski definition) is 5. The van der Waals surface area contributed by atoms with E-state index in [1.165, 1.54) is 0 Å². The summed E-state index contributed by atoms with van der Waals surface area (Å²) in [6, 6.07) is 13.7. The van der Waals surface area contributed by atoms with Crippen LogP contribution < -0.4 is 10.1 Å². The number of nitrogens with one attached hydrogen (secondary N) is 1. The molecule has 2 saturated heterocycles. The van der Waals surface area contributed by atoms with Gasteiger partial charge in [-0.05, 0) is 36.6 Å². The molecule has 0 aliphatic carbocycles. The van der Waals surface area contributed by atoms with Gasteiger partial charge in [0.1, 0.15) is 5.75 Å². The highest BCUT2D eigenvalue weighted by Crippen LogP contribution is 2.57. The van der Waals surface area contributed by atoms with Gasteiger partial charge in [0.05, 0.1) is 13.0 Å². The molecule has 0 saturated carbocycles. The number of anilines is 1. The first-order valence-corrected chi connectivity index (χ1v) is 9.54. The fourth-order valence-corrected chi connectivity index (χ4v) is 5.60. The number of methoxy groups -OCH3 is 1. The molecule has 0 unspecified atom stereocenters. The van der Waals surface area contributed by atoms with Crippen molar-refractivity contribution in [2.75, 3.05) is 19.0 Å². The maximum Gasteiger partial charge on any atom is 0.256 e. The number of nitro groups is 1. The highest BCUT2D eigenvalue weighted by atomic mass is 16.6. The largest absolute Gasteiger partial charge is 0.497 e. The first-order chi connectivity index (χ1) is 13.6. The first-order valence-electron chi connectivity index (χ1n) is 9.54. The summed E-state index contributed by atoms with van der Waals surface area (Å²) >= 11 is 0. The third-order valence-corrected chi connectivity index (χ3v) is 6.59. The highest BCUT2D eigenvalue weighted by molar-refractivity contribution is 6.07. The Balaban J connectivity index is 1.72. The second-order valence-electron chi connectivity index (χ2n) is 7.70. The topological polar surface area (TPSA) is 84.7 Å². The third-order valence-electron chi connectivity index (χ3n) is 6.59. The number of hydrogen-bond donors (Lipinski definition) is 1. The van der Waals surface area contributed by atoms with Gasteiger partial charge in [0.2, 0.25) is 0 Å². The van der Waals surface area contributed by atoms with Crippen LogP contribution in [0.3, 0.4) is 0 Å². The maximum absolute atomic E-state index is 13.3. The molecule has 3 heterocycles. The van der Waals surface area contributed by atoms with E-state index in [0.29, 0.717) is 18.0 Å². The Morgan fingerprint density at radius 2 is 1.96 bits per heavy atom. The standard InChI is InChI=1S/C21H21N3O4/c1-28-14-10-8-13(9-11-14)18-17-7-4-12-23(17)21(19(18)24(26)27)15-5-2-3-6-16(15)22-20(21)25/h2-3,5-6,8-11,17-19H,4,7,12H2,1H3,(H,22,25)/t17-,18+,19+,21-/m0/s1. The average Bonchev–Trinajstić information content (AvgIpc) is 3.35. The molecule has 2 aromatic carbocycles. The minimum atomic E-state index is -1.26. The van der Waals surface area contributed by atoms with Crippen molar-refractivity contribution in [1.82, 2.24) is 4.90 Å². The molecule has 28 heavy (non-hydrogen) atoms. The molecule has 3 aliphatic rings. The Morgan fingerprint density at radius 1 is 1.21 bits per heavy atom. The molecule has 2 fully saturated rings. The number of ether oxygens (including phenoxy) is 1. The van der Waals surface area contributed by atoms with Crippen LogP contribution in [0.1, 0.15) is 29.9 Å². The molecule has 1 amide bonds. The zero-order valence-corrected chi connectivity index (χ0v) is 15.5. The van der Waals surface area contributed by atoms with Gasteiger partial charge in [0.15, 0.2) is 5.54 Å². The first kappa shape index (κ1) is 17.2. The van der Waals surface area contributed by atoms with Crippen molar-refractivity contribution in [3.8, 4) is 5.75 Å². The van der Waals surface area contributed by atoms with Gasteiger partial charge in [0.25, 0.3) is 11.9 Å². The van der Waals surface area contributed by atoms with Gasteiger partial charge in [-0.2, -0.15) is 0 Å². The van der Waals surface area contributed by atoms with Crippen molar-refractivity contribution < 1.29 is 14.5 Å². The minimum absolute atomic E-state index is 0.0410. The van der Waals surface area contributed by atoms with E-state index in [2.05, 4.69) is 10.2 Å². The van der Waals surface area contributed by atoms with Crippen molar-refractivity contribution in [2.45, 2.75) is 36.4 Å². The summed E-state index contributed by atoms with van der Waals surface area (Å²) in [4.78, 5) is 27.6. The number of nitrogens with zero attached hydrogens (tertiary/aromatic N) is 2. The van der Waals surface area contributed by atoms with E-state index in [9.17, 15) is 14.9 Å². The Morgan fingerprint density at radius 3 is 2.68 bits per heavy atom.